The fourth-order valence-corrected chi connectivity index (χ4v) is 4.84. The number of carbonyl (C=O) groups is 1. The second-order valence-corrected chi connectivity index (χ2v) is 8.52. The average Bonchev–Trinajstić information content (AvgIpc) is 2.85. The van der Waals surface area contributed by atoms with Crippen LogP contribution >= 0.6 is 0 Å². The van der Waals surface area contributed by atoms with Gasteiger partial charge in [-0.15, -0.1) is 0 Å². The maximum atomic E-state index is 12.6. The summed E-state index contributed by atoms with van der Waals surface area (Å²) in [5.74, 6) is -0.435. The number of hydrogen-bond acceptors (Lipinski definition) is 6. The van der Waals surface area contributed by atoms with Crippen molar-refractivity contribution in [2.24, 2.45) is 0 Å². The zero-order valence-electron chi connectivity index (χ0n) is 19.3. The molecule has 0 bridgehead atoms. The highest BCUT2D eigenvalue weighted by atomic mass is 16.5. The number of carbonyl (C=O) groups excluding carboxylic acids is 1. The summed E-state index contributed by atoms with van der Waals surface area (Å²) in [5.41, 5.74) is 6.12. The van der Waals surface area contributed by atoms with Crippen molar-refractivity contribution >= 4 is 5.97 Å². The molecule has 2 atom stereocenters. The lowest BCUT2D eigenvalue weighted by atomic mass is 9.88. The molecule has 33 heavy (non-hydrogen) atoms. The highest BCUT2D eigenvalue weighted by molar-refractivity contribution is 5.91. The van der Waals surface area contributed by atoms with Gasteiger partial charge in [0.05, 0.1) is 47.8 Å². The van der Waals surface area contributed by atoms with E-state index in [2.05, 4.69) is 36.9 Å². The van der Waals surface area contributed by atoms with Crippen molar-refractivity contribution in [3.05, 3.63) is 94.1 Å². The van der Waals surface area contributed by atoms with E-state index >= 15 is 0 Å². The van der Waals surface area contributed by atoms with E-state index in [-0.39, 0.29) is 12.1 Å². The van der Waals surface area contributed by atoms with Gasteiger partial charge in [-0.1, -0.05) is 18.2 Å². The fraction of sp³-hybridized carbons (Fsp3) is 0.333. The van der Waals surface area contributed by atoms with E-state index < -0.39 is 5.97 Å². The van der Waals surface area contributed by atoms with Crippen molar-refractivity contribution in [1.82, 2.24) is 14.9 Å². The zero-order valence-corrected chi connectivity index (χ0v) is 19.3. The van der Waals surface area contributed by atoms with Gasteiger partial charge in [-0.2, -0.15) is 5.26 Å². The molecule has 3 heterocycles. The van der Waals surface area contributed by atoms with Crippen LogP contribution in [0.4, 0.5) is 0 Å². The number of benzene rings is 1. The lowest BCUT2D eigenvalue weighted by molar-refractivity contribution is 0.0574. The molecule has 1 fully saturated rings. The van der Waals surface area contributed by atoms with Crippen LogP contribution in [0.1, 0.15) is 75.3 Å². The summed E-state index contributed by atoms with van der Waals surface area (Å²) in [7, 11) is 1.37. The number of esters is 1. The lowest BCUT2D eigenvalue weighted by Gasteiger charge is -2.42. The monoisotopic (exact) mass is 440 g/mol. The topological polar surface area (TPSA) is 79.1 Å². The minimum absolute atomic E-state index is 0.0903. The van der Waals surface area contributed by atoms with E-state index in [0.29, 0.717) is 17.7 Å². The van der Waals surface area contributed by atoms with Gasteiger partial charge in [-0.05, 0) is 74.1 Å². The molecule has 0 amide bonds. The lowest BCUT2D eigenvalue weighted by Crippen LogP contribution is -2.38. The van der Waals surface area contributed by atoms with Crippen LogP contribution in [-0.2, 0) is 11.3 Å². The Labute approximate surface area is 194 Å². The summed E-state index contributed by atoms with van der Waals surface area (Å²) in [6.07, 6.45) is 6.71. The summed E-state index contributed by atoms with van der Waals surface area (Å²) in [6.45, 7) is 4.72. The van der Waals surface area contributed by atoms with Crippen LogP contribution in [-0.4, -0.2) is 27.9 Å². The fourth-order valence-electron chi connectivity index (χ4n) is 4.84. The Balaban J connectivity index is 1.82. The molecule has 4 rings (SSSR count). The van der Waals surface area contributed by atoms with Gasteiger partial charge in [0.2, 0.25) is 0 Å². The molecule has 1 saturated heterocycles. The third-order valence-corrected chi connectivity index (χ3v) is 6.48. The SMILES string of the molecule is COC(=O)c1cc(C#N)ccc1CN1[C@@H](c2ncccc2C)CCC[C@H]1c1ncccc1C. The molecule has 0 spiro atoms. The number of pyridine rings is 2. The summed E-state index contributed by atoms with van der Waals surface area (Å²) in [4.78, 5) is 24.5. The zero-order chi connectivity index (χ0) is 23.4. The number of nitrogens with zero attached hydrogens (tertiary/aromatic N) is 4. The average molecular weight is 441 g/mol. The van der Waals surface area contributed by atoms with Gasteiger partial charge in [-0.25, -0.2) is 4.79 Å². The van der Waals surface area contributed by atoms with Crippen molar-refractivity contribution in [1.29, 1.82) is 5.26 Å². The molecule has 0 N–H and O–H groups in total. The quantitative estimate of drug-likeness (QED) is 0.506. The Bertz CT molecular complexity index is 1150. The third-order valence-electron chi connectivity index (χ3n) is 6.48. The van der Waals surface area contributed by atoms with Crippen LogP contribution in [0.2, 0.25) is 0 Å². The predicted molar refractivity (Wildman–Crippen MR) is 125 cm³/mol. The molecule has 1 aliphatic heterocycles. The van der Waals surface area contributed by atoms with E-state index in [1.54, 1.807) is 12.1 Å². The van der Waals surface area contributed by atoms with Gasteiger partial charge in [0, 0.05) is 18.9 Å². The number of aryl methyl sites for hydroxylation is 2. The molecular formula is C27H28N4O2. The molecule has 0 saturated carbocycles. The number of likely N-dealkylation sites (tertiary alicyclic amines) is 1. The molecule has 1 aromatic carbocycles. The van der Waals surface area contributed by atoms with Gasteiger partial charge in [0.25, 0.3) is 0 Å². The maximum absolute atomic E-state index is 12.6. The van der Waals surface area contributed by atoms with Gasteiger partial charge in [0.1, 0.15) is 0 Å². The van der Waals surface area contributed by atoms with Gasteiger partial charge in [-0.3, -0.25) is 14.9 Å². The molecule has 0 radical (unpaired) electrons. The van der Waals surface area contributed by atoms with Crippen molar-refractivity contribution in [3.63, 3.8) is 0 Å². The molecular weight excluding hydrogens is 412 g/mol. The molecule has 3 aromatic rings. The Morgan fingerprint density at radius 1 is 1.06 bits per heavy atom. The highest BCUT2D eigenvalue weighted by Gasteiger charge is 2.36. The largest absolute Gasteiger partial charge is 0.465 e. The number of nitriles is 1. The second-order valence-electron chi connectivity index (χ2n) is 8.52. The Morgan fingerprint density at radius 3 is 2.18 bits per heavy atom. The van der Waals surface area contributed by atoms with Crippen LogP contribution < -0.4 is 0 Å². The Morgan fingerprint density at radius 2 is 1.67 bits per heavy atom. The summed E-state index contributed by atoms with van der Waals surface area (Å²) < 4.78 is 5.04. The maximum Gasteiger partial charge on any atom is 0.338 e. The van der Waals surface area contributed by atoms with Crippen molar-refractivity contribution in [2.75, 3.05) is 7.11 Å². The molecule has 0 unspecified atom stereocenters. The van der Waals surface area contributed by atoms with E-state index in [0.717, 1.165) is 47.3 Å². The molecule has 6 nitrogen and oxygen atoms in total. The van der Waals surface area contributed by atoms with Gasteiger partial charge < -0.3 is 4.74 Å². The number of rotatable bonds is 5. The first-order valence-electron chi connectivity index (χ1n) is 11.2. The summed E-state index contributed by atoms with van der Waals surface area (Å²) in [5, 5.41) is 9.34. The first-order valence-corrected chi connectivity index (χ1v) is 11.2. The standard InChI is InChI=1S/C27H28N4O2/c1-18-7-5-13-29-25(18)23-9-4-10-24(26-19(2)8-6-14-30-26)31(23)17-21-12-11-20(16-28)15-22(21)27(32)33-3/h5-8,11-15,23-24H,4,9-10,17H2,1-3H3/t23-,24+. The molecule has 6 heteroatoms. The normalized spacial score (nSPS) is 18.5. The molecule has 0 aliphatic carbocycles. The minimum atomic E-state index is -0.435. The molecule has 2 aromatic heterocycles. The van der Waals surface area contributed by atoms with Crippen LogP contribution in [0.15, 0.2) is 54.9 Å². The number of hydrogen-bond donors (Lipinski definition) is 0. The third kappa shape index (κ3) is 4.64. The van der Waals surface area contributed by atoms with E-state index in [9.17, 15) is 10.1 Å². The van der Waals surface area contributed by atoms with Gasteiger partial charge >= 0.3 is 5.97 Å². The van der Waals surface area contributed by atoms with Crippen LogP contribution in [0.3, 0.4) is 0 Å². The van der Waals surface area contributed by atoms with Crippen LogP contribution in [0, 0.1) is 25.2 Å². The number of aromatic nitrogens is 2. The van der Waals surface area contributed by atoms with Gasteiger partial charge in [0.15, 0.2) is 0 Å². The van der Waals surface area contributed by atoms with E-state index in [1.807, 2.05) is 30.6 Å². The van der Waals surface area contributed by atoms with E-state index in [1.165, 1.54) is 7.11 Å². The predicted octanol–water partition coefficient (Wildman–Crippen LogP) is 5.22. The smallest absolute Gasteiger partial charge is 0.338 e. The minimum Gasteiger partial charge on any atom is -0.465 e. The Hall–Kier alpha value is -3.56. The van der Waals surface area contributed by atoms with Crippen LogP contribution in [0.5, 0.6) is 0 Å². The van der Waals surface area contributed by atoms with E-state index in [4.69, 9.17) is 14.7 Å². The Kier molecular flexibility index (Phi) is 6.81. The molecule has 168 valence electrons. The highest BCUT2D eigenvalue weighted by Crippen LogP contribution is 2.43. The van der Waals surface area contributed by atoms with Crippen LogP contribution in [0.25, 0.3) is 0 Å². The number of piperidine rings is 1. The first-order chi connectivity index (χ1) is 16.0. The number of ether oxygens (including phenoxy) is 1. The van der Waals surface area contributed by atoms with Crippen molar-refractivity contribution < 1.29 is 9.53 Å². The second kappa shape index (κ2) is 9.93. The van der Waals surface area contributed by atoms with Crippen molar-refractivity contribution in [2.45, 2.75) is 51.7 Å². The molecule has 1 aliphatic rings. The first kappa shape index (κ1) is 22.6. The summed E-state index contributed by atoms with van der Waals surface area (Å²) >= 11 is 0. The van der Waals surface area contributed by atoms with Crippen molar-refractivity contribution in [3.8, 4) is 6.07 Å². The summed E-state index contributed by atoms with van der Waals surface area (Å²) in [6, 6.07) is 15.7. The number of methoxy groups -OCH3 is 1.